The first kappa shape index (κ1) is 14.9. The number of rotatable bonds is 7. The zero-order valence-electron chi connectivity index (χ0n) is 12.5. The molecular weight excluding hydrogens is 272 g/mol. The third-order valence-electron chi connectivity index (χ3n) is 2.88. The summed E-state index contributed by atoms with van der Waals surface area (Å²) >= 11 is 0. The van der Waals surface area contributed by atoms with Crippen molar-refractivity contribution in [1.82, 2.24) is 25.1 Å². The van der Waals surface area contributed by atoms with Crippen molar-refractivity contribution in [2.24, 2.45) is 0 Å². The van der Waals surface area contributed by atoms with Crippen LogP contribution in [0.25, 0.3) is 0 Å². The highest BCUT2D eigenvalue weighted by molar-refractivity contribution is 5.41. The van der Waals surface area contributed by atoms with Crippen LogP contribution in [0.4, 0.5) is 17.8 Å². The molecule has 2 aromatic rings. The summed E-state index contributed by atoms with van der Waals surface area (Å²) in [6.45, 7) is 8.04. The third kappa shape index (κ3) is 4.01. The SMILES string of the molecule is CCN(CC)c1nc(N)nc(NCCc2nc(C)no2)n1. The smallest absolute Gasteiger partial charge is 0.231 e. The van der Waals surface area contributed by atoms with E-state index in [0.717, 1.165) is 13.1 Å². The van der Waals surface area contributed by atoms with E-state index in [2.05, 4.69) is 30.4 Å². The standard InChI is InChI=1S/C12H20N8O/c1-4-20(5-2)12-17-10(13)16-11(18-12)14-7-6-9-15-8(3)19-21-9/h4-7H2,1-3H3,(H3,13,14,16,17,18). The molecule has 0 amide bonds. The molecule has 0 saturated carbocycles. The molecule has 21 heavy (non-hydrogen) atoms. The van der Waals surface area contributed by atoms with Crippen molar-refractivity contribution in [1.29, 1.82) is 0 Å². The Morgan fingerprint density at radius 3 is 2.52 bits per heavy atom. The molecule has 0 aliphatic heterocycles. The Kier molecular flexibility index (Phi) is 4.85. The average Bonchev–Trinajstić information content (AvgIpc) is 2.85. The Hall–Kier alpha value is -2.45. The van der Waals surface area contributed by atoms with Crippen LogP contribution in [0.15, 0.2) is 4.52 Å². The quantitative estimate of drug-likeness (QED) is 0.757. The normalized spacial score (nSPS) is 10.6. The van der Waals surface area contributed by atoms with Gasteiger partial charge in [0.25, 0.3) is 0 Å². The number of nitrogens with two attached hydrogens (primary N) is 1. The van der Waals surface area contributed by atoms with Gasteiger partial charge in [-0.05, 0) is 20.8 Å². The maximum absolute atomic E-state index is 5.72. The molecule has 114 valence electrons. The molecule has 0 aliphatic carbocycles. The summed E-state index contributed by atoms with van der Waals surface area (Å²) in [7, 11) is 0. The van der Waals surface area contributed by atoms with Gasteiger partial charge in [0.1, 0.15) is 0 Å². The molecule has 0 fully saturated rings. The van der Waals surface area contributed by atoms with Crippen LogP contribution in [0.3, 0.4) is 0 Å². The number of aromatic nitrogens is 5. The highest BCUT2D eigenvalue weighted by Gasteiger charge is 2.10. The summed E-state index contributed by atoms with van der Waals surface area (Å²) in [6.07, 6.45) is 0.590. The van der Waals surface area contributed by atoms with Gasteiger partial charge >= 0.3 is 0 Å². The van der Waals surface area contributed by atoms with Crippen molar-refractivity contribution in [3.8, 4) is 0 Å². The van der Waals surface area contributed by atoms with E-state index in [1.54, 1.807) is 6.92 Å². The van der Waals surface area contributed by atoms with Gasteiger partial charge in [-0.3, -0.25) is 0 Å². The maximum Gasteiger partial charge on any atom is 0.231 e. The Morgan fingerprint density at radius 1 is 1.14 bits per heavy atom. The Bertz CT molecular complexity index is 580. The molecule has 0 atom stereocenters. The van der Waals surface area contributed by atoms with Crippen LogP contribution in [0.2, 0.25) is 0 Å². The zero-order chi connectivity index (χ0) is 15.2. The molecule has 0 spiro atoms. The molecule has 2 aromatic heterocycles. The summed E-state index contributed by atoms with van der Waals surface area (Å²) in [5.74, 6) is 2.41. The topological polar surface area (TPSA) is 119 Å². The van der Waals surface area contributed by atoms with Crippen molar-refractivity contribution >= 4 is 17.8 Å². The van der Waals surface area contributed by atoms with E-state index in [1.165, 1.54) is 0 Å². The molecule has 0 saturated heterocycles. The number of anilines is 3. The van der Waals surface area contributed by atoms with Gasteiger partial charge in [0, 0.05) is 26.1 Å². The number of aryl methyl sites for hydroxylation is 1. The highest BCUT2D eigenvalue weighted by atomic mass is 16.5. The molecule has 9 heteroatoms. The Morgan fingerprint density at radius 2 is 1.90 bits per heavy atom. The van der Waals surface area contributed by atoms with Crippen LogP contribution in [0.1, 0.15) is 25.6 Å². The molecular formula is C12H20N8O. The van der Waals surface area contributed by atoms with E-state index in [4.69, 9.17) is 10.3 Å². The van der Waals surface area contributed by atoms with Gasteiger partial charge in [0.15, 0.2) is 5.82 Å². The van der Waals surface area contributed by atoms with Crippen LogP contribution < -0.4 is 16.0 Å². The van der Waals surface area contributed by atoms with E-state index >= 15 is 0 Å². The minimum atomic E-state index is 0.197. The summed E-state index contributed by atoms with van der Waals surface area (Å²) in [5, 5.41) is 6.82. The van der Waals surface area contributed by atoms with Crippen molar-refractivity contribution in [2.75, 3.05) is 35.6 Å². The molecule has 0 radical (unpaired) electrons. The van der Waals surface area contributed by atoms with Gasteiger partial charge < -0.3 is 20.5 Å². The van der Waals surface area contributed by atoms with Crippen molar-refractivity contribution in [3.63, 3.8) is 0 Å². The Labute approximate surface area is 123 Å². The molecule has 2 rings (SSSR count). The number of nitrogens with zero attached hydrogens (tertiary/aromatic N) is 6. The average molecular weight is 292 g/mol. The first-order valence-electron chi connectivity index (χ1n) is 6.92. The second-order valence-electron chi connectivity index (χ2n) is 4.40. The lowest BCUT2D eigenvalue weighted by Gasteiger charge is -2.18. The van der Waals surface area contributed by atoms with E-state index in [1.807, 2.05) is 18.7 Å². The van der Waals surface area contributed by atoms with E-state index in [0.29, 0.717) is 36.6 Å². The number of nitrogens with one attached hydrogen (secondary N) is 1. The largest absolute Gasteiger partial charge is 0.368 e. The van der Waals surface area contributed by atoms with Gasteiger partial charge in [0.2, 0.25) is 23.7 Å². The molecule has 9 nitrogen and oxygen atoms in total. The predicted octanol–water partition coefficient (Wildman–Crippen LogP) is 0.646. The van der Waals surface area contributed by atoms with E-state index < -0.39 is 0 Å². The van der Waals surface area contributed by atoms with Gasteiger partial charge in [0.05, 0.1) is 0 Å². The summed E-state index contributed by atoms with van der Waals surface area (Å²) < 4.78 is 5.04. The van der Waals surface area contributed by atoms with Crippen LogP contribution in [0, 0.1) is 6.92 Å². The minimum Gasteiger partial charge on any atom is -0.368 e. The fraction of sp³-hybridized carbons (Fsp3) is 0.583. The zero-order valence-corrected chi connectivity index (χ0v) is 12.5. The fourth-order valence-electron chi connectivity index (χ4n) is 1.83. The van der Waals surface area contributed by atoms with Gasteiger partial charge in [-0.15, -0.1) is 0 Å². The molecule has 2 heterocycles. The van der Waals surface area contributed by atoms with Gasteiger partial charge in [-0.25, -0.2) is 0 Å². The van der Waals surface area contributed by atoms with Crippen LogP contribution in [-0.2, 0) is 6.42 Å². The van der Waals surface area contributed by atoms with Crippen LogP contribution in [0.5, 0.6) is 0 Å². The van der Waals surface area contributed by atoms with Crippen molar-refractivity contribution in [2.45, 2.75) is 27.2 Å². The van der Waals surface area contributed by atoms with E-state index in [9.17, 15) is 0 Å². The lowest BCUT2D eigenvalue weighted by atomic mass is 10.4. The second kappa shape index (κ2) is 6.82. The first-order valence-corrected chi connectivity index (χ1v) is 6.92. The fourth-order valence-corrected chi connectivity index (χ4v) is 1.83. The number of hydrogen-bond acceptors (Lipinski definition) is 9. The molecule has 0 unspecified atom stereocenters. The minimum absolute atomic E-state index is 0.197. The van der Waals surface area contributed by atoms with Gasteiger partial charge in [-0.2, -0.15) is 19.9 Å². The lowest BCUT2D eigenvalue weighted by molar-refractivity contribution is 0.377. The highest BCUT2D eigenvalue weighted by Crippen LogP contribution is 2.11. The number of hydrogen-bond donors (Lipinski definition) is 2. The lowest BCUT2D eigenvalue weighted by Crippen LogP contribution is -2.25. The van der Waals surface area contributed by atoms with Gasteiger partial charge in [-0.1, -0.05) is 5.16 Å². The third-order valence-corrected chi connectivity index (χ3v) is 2.88. The number of nitrogen functional groups attached to an aromatic ring is 1. The summed E-state index contributed by atoms with van der Waals surface area (Å²) in [4.78, 5) is 18.7. The molecule has 0 aromatic carbocycles. The molecule has 0 aliphatic rings. The summed E-state index contributed by atoms with van der Waals surface area (Å²) in [5.41, 5.74) is 5.72. The van der Waals surface area contributed by atoms with E-state index in [-0.39, 0.29) is 5.95 Å². The first-order chi connectivity index (χ1) is 10.1. The predicted molar refractivity (Wildman–Crippen MR) is 79.0 cm³/mol. The van der Waals surface area contributed by atoms with Crippen molar-refractivity contribution < 1.29 is 4.52 Å². The summed E-state index contributed by atoms with van der Waals surface area (Å²) in [6, 6.07) is 0. The van der Waals surface area contributed by atoms with Crippen molar-refractivity contribution in [3.05, 3.63) is 11.7 Å². The van der Waals surface area contributed by atoms with Crippen LogP contribution >= 0.6 is 0 Å². The van der Waals surface area contributed by atoms with Crippen LogP contribution in [-0.4, -0.2) is 44.7 Å². The molecule has 0 bridgehead atoms. The maximum atomic E-state index is 5.72. The molecule has 3 N–H and O–H groups in total. The second-order valence-corrected chi connectivity index (χ2v) is 4.40. The Balaban J connectivity index is 1.99. The monoisotopic (exact) mass is 292 g/mol.